The maximum atomic E-state index is 14.0. The molecule has 4 aromatic heterocycles. The Morgan fingerprint density at radius 2 is 1.92 bits per heavy atom. The number of anilines is 1. The number of carbonyl (C=O) groups is 1. The van der Waals surface area contributed by atoms with Gasteiger partial charge in [-0.15, -0.1) is 5.10 Å². The molecule has 3 N–H and O–H groups in total. The molecule has 0 bridgehead atoms. The van der Waals surface area contributed by atoms with Crippen molar-refractivity contribution >= 4 is 28.3 Å². The highest BCUT2D eigenvalue weighted by Gasteiger charge is 2.21. The van der Waals surface area contributed by atoms with E-state index in [-0.39, 0.29) is 23.5 Å². The van der Waals surface area contributed by atoms with Crippen LogP contribution in [0, 0.1) is 11.8 Å². The smallest absolute Gasteiger partial charge is 0.267 e. The number of rotatable bonds is 4. The minimum absolute atomic E-state index is 0.0475. The zero-order chi connectivity index (χ0) is 26.9. The summed E-state index contributed by atoms with van der Waals surface area (Å²) in [6.07, 6.45) is 6.67. The lowest BCUT2D eigenvalue weighted by Gasteiger charge is -2.15. The number of benzene rings is 2. The zero-order valence-corrected chi connectivity index (χ0v) is 20.7. The number of nitrogens with one attached hydrogen (secondary N) is 1. The maximum Gasteiger partial charge on any atom is 0.267 e. The molecule has 0 saturated heterocycles. The van der Waals surface area contributed by atoms with Crippen molar-refractivity contribution in [2.75, 3.05) is 5.73 Å². The summed E-state index contributed by atoms with van der Waals surface area (Å²) in [6, 6.07) is 16.1. The van der Waals surface area contributed by atoms with E-state index in [0.29, 0.717) is 33.6 Å². The van der Waals surface area contributed by atoms with E-state index in [2.05, 4.69) is 32.3 Å². The summed E-state index contributed by atoms with van der Waals surface area (Å²) in [7, 11) is 1.81. The van der Waals surface area contributed by atoms with Crippen molar-refractivity contribution in [2.24, 2.45) is 7.05 Å². The van der Waals surface area contributed by atoms with E-state index in [0.717, 1.165) is 5.56 Å². The number of nitrogen functional groups attached to an aromatic ring is 1. The van der Waals surface area contributed by atoms with Crippen molar-refractivity contribution in [1.29, 1.82) is 0 Å². The first-order valence-electron chi connectivity index (χ1n) is 12.0. The molecule has 0 atom stereocenters. The van der Waals surface area contributed by atoms with Crippen LogP contribution in [0.2, 0.25) is 0 Å². The van der Waals surface area contributed by atoms with Crippen molar-refractivity contribution in [3.63, 3.8) is 0 Å². The van der Waals surface area contributed by atoms with E-state index in [1.807, 2.05) is 25.2 Å². The molecule has 0 aliphatic heterocycles. The number of amides is 1. The van der Waals surface area contributed by atoms with E-state index < -0.39 is 5.91 Å². The molecule has 1 amide bonds. The van der Waals surface area contributed by atoms with E-state index >= 15 is 0 Å². The van der Waals surface area contributed by atoms with E-state index in [4.69, 9.17) is 10.7 Å². The van der Waals surface area contributed by atoms with Crippen LogP contribution in [-0.4, -0.2) is 39.8 Å². The number of nitrogens with zero attached hydrogens (tertiary/aromatic N) is 7. The lowest BCUT2D eigenvalue weighted by Crippen LogP contribution is -2.30. The molecule has 0 radical (unpaired) electrons. The standard InChI is InChI=1S/C28H21N9O2/c1-35-17-18(15-32-35)11-12-19-7-5-10-21-23(19)28(39)37(20-8-3-2-4-9-20)22(33-21)16-31-27(38)24-25(29)34-36-14-6-13-30-26(24)36/h2-10,13-15,17H,16H2,1H3,(H2,29,34)(H,31,38). The summed E-state index contributed by atoms with van der Waals surface area (Å²) < 4.78 is 4.58. The molecule has 11 heteroatoms. The Morgan fingerprint density at radius 3 is 2.72 bits per heavy atom. The summed E-state index contributed by atoms with van der Waals surface area (Å²) in [5.41, 5.74) is 8.53. The van der Waals surface area contributed by atoms with Gasteiger partial charge in [-0.25, -0.2) is 14.5 Å². The second-order valence-corrected chi connectivity index (χ2v) is 8.69. The second kappa shape index (κ2) is 9.60. The Labute approximate surface area is 221 Å². The Hall–Kier alpha value is -5.76. The van der Waals surface area contributed by atoms with Crippen molar-refractivity contribution in [1.82, 2.24) is 39.2 Å². The third-order valence-corrected chi connectivity index (χ3v) is 6.08. The molecule has 0 aliphatic carbocycles. The highest BCUT2D eigenvalue weighted by molar-refractivity contribution is 6.04. The van der Waals surface area contributed by atoms with Gasteiger partial charge in [-0.1, -0.05) is 36.1 Å². The van der Waals surface area contributed by atoms with E-state index in [1.165, 1.54) is 9.08 Å². The molecule has 0 unspecified atom stereocenters. The molecule has 190 valence electrons. The average molecular weight is 516 g/mol. The minimum Gasteiger partial charge on any atom is -0.381 e. The fourth-order valence-corrected chi connectivity index (χ4v) is 4.34. The van der Waals surface area contributed by atoms with Crippen LogP contribution in [-0.2, 0) is 13.6 Å². The number of para-hydroxylation sites is 1. The van der Waals surface area contributed by atoms with Crippen LogP contribution in [0.1, 0.15) is 27.3 Å². The van der Waals surface area contributed by atoms with Crippen LogP contribution >= 0.6 is 0 Å². The lowest BCUT2D eigenvalue weighted by molar-refractivity contribution is 0.0952. The summed E-state index contributed by atoms with van der Waals surface area (Å²) >= 11 is 0. The van der Waals surface area contributed by atoms with Crippen LogP contribution in [0.25, 0.3) is 22.2 Å². The molecule has 0 saturated carbocycles. The van der Waals surface area contributed by atoms with Crippen LogP contribution < -0.4 is 16.6 Å². The normalized spacial score (nSPS) is 10.9. The Bertz CT molecular complexity index is 1990. The van der Waals surface area contributed by atoms with Crippen molar-refractivity contribution in [3.8, 4) is 17.5 Å². The van der Waals surface area contributed by atoms with Gasteiger partial charge in [0.05, 0.1) is 34.9 Å². The Morgan fingerprint density at radius 1 is 1.08 bits per heavy atom. The summed E-state index contributed by atoms with van der Waals surface area (Å²) in [4.78, 5) is 36.1. The molecule has 4 heterocycles. The fourth-order valence-electron chi connectivity index (χ4n) is 4.34. The van der Waals surface area contributed by atoms with Gasteiger partial charge >= 0.3 is 0 Å². The number of hydrogen-bond acceptors (Lipinski definition) is 7. The zero-order valence-electron chi connectivity index (χ0n) is 20.7. The number of aromatic nitrogens is 7. The fraction of sp³-hybridized carbons (Fsp3) is 0.0714. The van der Waals surface area contributed by atoms with E-state index in [9.17, 15) is 9.59 Å². The van der Waals surface area contributed by atoms with Crippen LogP contribution in [0.15, 0.2) is 84.2 Å². The first kappa shape index (κ1) is 23.6. The molecule has 11 nitrogen and oxygen atoms in total. The van der Waals surface area contributed by atoms with Crippen molar-refractivity contribution < 1.29 is 4.79 Å². The quantitative estimate of drug-likeness (QED) is 0.343. The van der Waals surface area contributed by atoms with Gasteiger partial charge in [0.15, 0.2) is 11.5 Å². The van der Waals surface area contributed by atoms with Gasteiger partial charge in [0, 0.05) is 31.2 Å². The maximum absolute atomic E-state index is 14.0. The number of aryl methyl sites for hydroxylation is 1. The second-order valence-electron chi connectivity index (χ2n) is 8.69. The highest BCUT2D eigenvalue weighted by atomic mass is 16.2. The number of carbonyl (C=O) groups excluding carboxylic acids is 1. The highest BCUT2D eigenvalue weighted by Crippen LogP contribution is 2.18. The van der Waals surface area contributed by atoms with Crippen molar-refractivity contribution in [3.05, 3.63) is 112 Å². The SMILES string of the molecule is Cn1cc(C#Cc2cccc3nc(CNC(=O)c4c(N)nn5cccnc45)n(-c4ccccc4)c(=O)c23)cn1. The summed E-state index contributed by atoms with van der Waals surface area (Å²) in [5, 5.41) is 11.5. The molecule has 39 heavy (non-hydrogen) atoms. The van der Waals surface area contributed by atoms with Gasteiger partial charge < -0.3 is 11.1 Å². The Kier molecular flexibility index (Phi) is 5.82. The monoisotopic (exact) mass is 515 g/mol. The lowest BCUT2D eigenvalue weighted by atomic mass is 10.1. The predicted octanol–water partition coefficient (Wildman–Crippen LogP) is 2.07. The summed E-state index contributed by atoms with van der Waals surface area (Å²) in [5.74, 6) is 6.06. The van der Waals surface area contributed by atoms with Crippen LogP contribution in [0.4, 0.5) is 5.82 Å². The van der Waals surface area contributed by atoms with Gasteiger partial charge in [0.2, 0.25) is 0 Å². The van der Waals surface area contributed by atoms with Gasteiger partial charge in [-0.05, 0) is 30.3 Å². The molecule has 2 aromatic carbocycles. The Balaban J connectivity index is 1.44. The molecule has 0 spiro atoms. The topological polar surface area (TPSA) is 138 Å². The number of hydrogen-bond donors (Lipinski definition) is 2. The molecule has 0 aliphatic rings. The summed E-state index contributed by atoms with van der Waals surface area (Å²) in [6.45, 7) is -0.0475. The first-order valence-corrected chi connectivity index (χ1v) is 12.0. The van der Waals surface area contributed by atoms with Gasteiger partial charge in [-0.3, -0.25) is 18.8 Å². The molecule has 0 fully saturated rings. The molecule has 6 aromatic rings. The first-order chi connectivity index (χ1) is 19.0. The van der Waals surface area contributed by atoms with Gasteiger partial charge in [0.25, 0.3) is 11.5 Å². The van der Waals surface area contributed by atoms with Crippen LogP contribution in [0.3, 0.4) is 0 Å². The minimum atomic E-state index is -0.480. The van der Waals surface area contributed by atoms with E-state index in [1.54, 1.807) is 65.9 Å². The third-order valence-electron chi connectivity index (χ3n) is 6.08. The van der Waals surface area contributed by atoms with Crippen LogP contribution in [0.5, 0.6) is 0 Å². The average Bonchev–Trinajstić information content (AvgIpc) is 3.52. The third kappa shape index (κ3) is 4.36. The number of nitrogens with two attached hydrogens (primary N) is 1. The van der Waals surface area contributed by atoms with Crippen molar-refractivity contribution in [2.45, 2.75) is 6.54 Å². The largest absolute Gasteiger partial charge is 0.381 e. The molecular formula is C28H21N9O2. The molecular weight excluding hydrogens is 494 g/mol. The van der Waals surface area contributed by atoms with Gasteiger partial charge in [0.1, 0.15) is 11.4 Å². The predicted molar refractivity (Wildman–Crippen MR) is 145 cm³/mol. The number of fused-ring (bicyclic) bond motifs is 2. The van der Waals surface area contributed by atoms with Gasteiger partial charge in [-0.2, -0.15) is 5.10 Å². The molecule has 6 rings (SSSR count).